The van der Waals surface area contributed by atoms with Crippen LogP contribution in [0, 0.1) is 5.92 Å². The number of carbonyl (C=O) groups is 1. The van der Waals surface area contributed by atoms with Gasteiger partial charge in [-0.1, -0.05) is 6.08 Å². The van der Waals surface area contributed by atoms with Gasteiger partial charge in [-0.15, -0.1) is 6.58 Å². The minimum absolute atomic E-state index is 0.0510. The molecule has 1 amide bonds. The second kappa shape index (κ2) is 5.12. The Morgan fingerprint density at radius 3 is 3.00 bits per heavy atom. The molecule has 1 saturated heterocycles. The molecule has 0 bridgehead atoms. The summed E-state index contributed by atoms with van der Waals surface area (Å²) in [4.78, 5) is 13.5. The zero-order valence-corrected chi connectivity index (χ0v) is 8.82. The van der Waals surface area contributed by atoms with Crippen LogP contribution in [0.2, 0.25) is 0 Å². The second-order valence-corrected chi connectivity index (χ2v) is 3.55. The summed E-state index contributed by atoms with van der Waals surface area (Å²) in [6.45, 7) is 5.34. The molecule has 1 aliphatic rings. The average molecular weight is 198 g/mol. The van der Waals surface area contributed by atoms with Crippen molar-refractivity contribution in [2.75, 3.05) is 33.9 Å². The van der Waals surface area contributed by atoms with E-state index < -0.39 is 0 Å². The molecule has 2 atom stereocenters. The predicted molar refractivity (Wildman–Crippen MR) is 55.0 cm³/mol. The van der Waals surface area contributed by atoms with Crippen LogP contribution in [0.3, 0.4) is 0 Å². The highest BCUT2D eigenvalue weighted by Gasteiger charge is 2.34. The minimum atomic E-state index is -0.0510. The van der Waals surface area contributed by atoms with Crippen molar-refractivity contribution in [2.45, 2.75) is 6.04 Å². The molecule has 1 rings (SSSR count). The van der Waals surface area contributed by atoms with Gasteiger partial charge in [0, 0.05) is 19.6 Å². The molecule has 14 heavy (non-hydrogen) atoms. The van der Waals surface area contributed by atoms with Gasteiger partial charge in [0.2, 0.25) is 5.91 Å². The summed E-state index contributed by atoms with van der Waals surface area (Å²) in [5.74, 6) is 0.0756. The van der Waals surface area contributed by atoms with E-state index in [1.165, 1.54) is 0 Å². The molecule has 1 heterocycles. The molecule has 0 aromatic carbocycles. The number of nitrogens with zero attached hydrogens (tertiary/aromatic N) is 1. The van der Waals surface area contributed by atoms with Crippen LogP contribution in [-0.4, -0.2) is 50.7 Å². The van der Waals surface area contributed by atoms with E-state index in [1.54, 1.807) is 18.0 Å². The smallest absolute Gasteiger partial charge is 0.229 e. The van der Waals surface area contributed by atoms with Crippen molar-refractivity contribution in [3.05, 3.63) is 12.7 Å². The third kappa shape index (κ3) is 2.33. The lowest BCUT2D eigenvalue weighted by molar-refractivity contribution is -0.134. The lowest BCUT2D eigenvalue weighted by atomic mass is 10.0. The van der Waals surface area contributed by atoms with Gasteiger partial charge in [-0.3, -0.25) is 4.79 Å². The Balaban J connectivity index is 2.54. The summed E-state index contributed by atoms with van der Waals surface area (Å²) in [6, 6.07) is 0.148. The third-order valence-electron chi connectivity index (χ3n) is 2.55. The van der Waals surface area contributed by atoms with Gasteiger partial charge >= 0.3 is 0 Å². The summed E-state index contributed by atoms with van der Waals surface area (Å²) in [7, 11) is 3.64. The lowest BCUT2D eigenvalue weighted by Gasteiger charge is -2.22. The summed E-state index contributed by atoms with van der Waals surface area (Å²) in [6.07, 6.45) is 1.72. The van der Waals surface area contributed by atoms with Gasteiger partial charge in [0.15, 0.2) is 0 Å². The van der Waals surface area contributed by atoms with Crippen LogP contribution in [0.25, 0.3) is 0 Å². The van der Waals surface area contributed by atoms with Crippen molar-refractivity contribution in [1.82, 2.24) is 10.2 Å². The topological polar surface area (TPSA) is 41.6 Å². The second-order valence-electron chi connectivity index (χ2n) is 3.55. The zero-order chi connectivity index (χ0) is 10.6. The van der Waals surface area contributed by atoms with Crippen LogP contribution in [0.4, 0.5) is 0 Å². The molecule has 0 saturated carbocycles. The highest BCUT2D eigenvalue weighted by molar-refractivity contribution is 5.80. The number of ether oxygens (including phenoxy) is 1. The molecule has 80 valence electrons. The van der Waals surface area contributed by atoms with Gasteiger partial charge in [-0.25, -0.2) is 0 Å². The maximum absolute atomic E-state index is 11.9. The summed E-state index contributed by atoms with van der Waals surface area (Å²) >= 11 is 0. The van der Waals surface area contributed by atoms with Gasteiger partial charge in [-0.2, -0.15) is 0 Å². The van der Waals surface area contributed by atoms with E-state index in [-0.39, 0.29) is 17.9 Å². The number of carbonyl (C=O) groups excluding carboxylic acids is 1. The van der Waals surface area contributed by atoms with Crippen molar-refractivity contribution in [2.24, 2.45) is 5.92 Å². The fourth-order valence-electron chi connectivity index (χ4n) is 1.65. The first-order valence-corrected chi connectivity index (χ1v) is 4.81. The first kappa shape index (κ1) is 11.2. The van der Waals surface area contributed by atoms with Crippen LogP contribution < -0.4 is 5.32 Å². The molecule has 0 spiro atoms. The van der Waals surface area contributed by atoms with Crippen LogP contribution in [0.5, 0.6) is 0 Å². The minimum Gasteiger partial charge on any atom is -0.379 e. The molecule has 0 aromatic rings. The molecule has 0 radical (unpaired) electrons. The van der Waals surface area contributed by atoms with E-state index in [0.29, 0.717) is 19.8 Å². The molecule has 4 nitrogen and oxygen atoms in total. The van der Waals surface area contributed by atoms with Crippen molar-refractivity contribution >= 4 is 5.91 Å². The van der Waals surface area contributed by atoms with E-state index in [0.717, 1.165) is 0 Å². The van der Waals surface area contributed by atoms with Crippen LogP contribution >= 0.6 is 0 Å². The fourth-order valence-corrected chi connectivity index (χ4v) is 1.65. The van der Waals surface area contributed by atoms with Crippen molar-refractivity contribution in [3.8, 4) is 0 Å². The molecule has 0 aromatic heterocycles. The highest BCUT2D eigenvalue weighted by Crippen LogP contribution is 2.15. The first-order chi connectivity index (χ1) is 6.70. The predicted octanol–water partition coefficient (Wildman–Crippen LogP) is -0.135. The van der Waals surface area contributed by atoms with Gasteiger partial charge in [0.25, 0.3) is 0 Å². The Morgan fingerprint density at radius 1 is 1.71 bits per heavy atom. The molecule has 2 unspecified atom stereocenters. The quantitative estimate of drug-likeness (QED) is 0.640. The van der Waals surface area contributed by atoms with E-state index in [4.69, 9.17) is 4.74 Å². The normalized spacial score (nSPS) is 26.1. The van der Waals surface area contributed by atoms with Crippen LogP contribution in [0.1, 0.15) is 0 Å². The van der Waals surface area contributed by atoms with Gasteiger partial charge in [0.05, 0.1) is 19.1 Å². The fraction of sp³-hybridized carbons (Fsp3) is 0.700. The Bertz CT molecular complexity index is 218. The van der Waals surface area contributed by atoms with Gasteiger partial charge in [0.1, 0.15) is 0 Å². The number of likely N-dealkylation sites (N-methyl/N-ethyl adjacent to an activating group) is 2. The SMILES string of the molecule is C=CCN(C)C(=O)C1COCC1NC. The maximum Gasteiger partial charge on any atom is 0.229 e. The number of hydrogen-bond acceptors (Lipinski definition) is 3. The summed E-state index contributed by atoms with van der Waals surface area (Å²) < 4.78 is 5.27. The lowest BCUT2D eigenvalue weighted by Crippen LogP contribution is -2.43. The number of nitrogens with one attached hydrogen (secondary N) is 1. The van der Waals surface area contributed by atoms with E-state index in [9.17, 15) is 4.79 Å². The first-order valence-electron chi connectivity index (χ1n) is 4.81. The molecule has 4 heteroatoms. The van der Waals surface area contributed by atoms with E-state index in [1.807, 2.05) is 7.05 Å². The Hall–Kier alpha value is -0.870. The van der Waals surface area contributed by atoms with Crippen molar-refractivity contribution in [3.63, 3.8) is 0 Å². The van der Waals surface area contributed by atoms with E-state index >= 15 is 0 Å². The average Bonchev–Trinajstić information content (AvgIpc) is 2.64. The standard InChI is InChI=1S/C10H18N2O2/c1-4-5-12(3)10(13)8-6-14-7-9(8)11-2/h4,8-9,11H,1,5-7H2,2-3H3. The van der Waals surface area contributed by atoms with Gasteiger partial charge in [-0.05, 0) is 7.05 Å². The number of rotatable bonds is 4. The Kier molecular flexibility index (Phi) is 4.10. The van der Waals surface area contributed by atoms with Crippen LogP contribution in [-0.2, 0) is 9.53 Å². The maximum atomic E-state index is 11.9. The largest absolute Gasteiger partial charge is 0.379 e. The number of amides is 1. The van der Waals surface area contributed by atoms with Gasteiger partial charge < -0.3 is 15.0 Å². The van der Waals surface area contributed by atoms with E-state index in [2.05, 4.69) is 11.9 Å². The number of hydrogen-bond donors (Lipinski definition) is 1. The third-order valence-corrected chi connectivity index (χ3v) is 2.55. The summed E-state index contributed by atoms with van der Waals surface area (Å²) in [5.41, 5.74) is 0. The van der Waals surface area contributed by atoms with Crippen molar-refractivity contribution in [1.29, 1.82) is 0 Å². The Labute approximate surface area is 84.9 Å². The monoisotopic (exact) mass is 198 g/mol. The molecule has 1 fully saturated rings. The zero-order valence-electron chi connectivity index (χ0n) is 8.82. The molecule has 1 N–H and O–H groups in total. The molecule has 0 aliphatic carbocycles. The molecular weight excluding hydrogens is 180 g/mol. The van der Waals surface area contributed by atoms with Crippen LogP contribution in [0.15, 0.2) is 12.7 Å². The molecular formula is C10H18N2O2. The Morgan fingerprint density at radius 2 is 2.43 bits per heavy atom. The summed E-state index contributed by atoms with van der Waals surface area (Å²) in [5, 5.41) is 3.09. The molecule has 1 aliphatic heterocycles. The highest BCUT2D eigenvalue weighted by atomic mass is 16.5. The van der Waals surface area contributed by atoms with Crippen molar-refractivity contribution < 1.29 is 9.53 Å².